The average molecular weight is 277 g/mol. The van der Waals surface area contributed by atoms with E-state index >= 15 is 0 Å². The van der Waals surface area contributed by atoms with Gasteiger partial charge >= 0.3 is 5.97 Å². The van der Waals surface area contributed by atoms with Crippen LogP contribution in [-0.2, 0) is 9.53 Å². The fourth-order valence-corrected chi connectivity index (χ4v) is 2.79. The number of hydrogen-bond donors (Lipinski definition) is 1. The Morgan fingerprint density at radius 3 is 2.75 bits per heavy atom. The van der Waals surface area contributed by atoms with Crippen LogP contribution in [0.4, 0.5) is 5.69 Å². The number of carbonyl (C=O) groups excluding carboxylic acids is 2. The van der Waals surface area contributed by atoms with Crippen LogP contribution in [0.1, 0.15) is 35.8 Å². The molecule has 0 spiro atoms. The van der Waals surface area contributed by atoms with E-state index in [0.29, 0.717) is 36.9 Å². The Bertz CT molecular complexity index is 548. The molecule has 1 unspecified atom stereocenters. The van der Waals surface area contributed by atoms with Gasteiger partial charge in [0.1, 0.15) is 5.69 Å². The first-order valence-corrected chi connectivity index (χ1v) is 6.94. The highest BCUT2D eigenvalue weighted by Gasteiger charge is 2.35. The third kappa shape index (κ3) is 2.26. The third-order valence-electron chi connectivity index (χ3n) is 4.04. The Kier molecular flexibility index (Phi) is 3.16. The first-order chi connectivity index (χ1) is 9.60. The number of amides is 1. The SMILES string of the molecule is COC(=O)C1CCN(C(=O)c2cc(N)cn2C2CC2)C1. The van der Waals surface area contributed by atoms with Crippen molar-refractivity contribution in [2.45, 2.75) is 25.3 Å². The van der Waals surface area contributed by atoms with Gasteiger partial charge in [-0.1, -0.05) is 0 Å². The van der Waals surface area contributed by atoms with Gasteiger partial charge in [-0.2, -0.15) is 0 Å². The summed E-state index contributed by atoms with van der Waals surface area (Å²) in [5, 5.41) is 0. The van der Waals surface area contributed by atoms with E-state index in [9.17, 15) is 9.59 Å². The summed E-state index contributed by atoms with van der Waals surface area (Å²) in [4.78, 5) is 25.8. The summed E-state index contributed by atoms with van der Waals surface area (Å²) in [6, 6.07) is 2.14. The van der Waals surface area contributed by atoms with E-state index in [1.54, 1.807) is 11.0 Å². The van der Waals surface area contributed by atoms with Crippen molar-refractivity contribution in [3.8, 4) is 0 Å². The molecule has 3 rings (SSSR count). The maximum Gasteiger partial charge on any atom is 0.310 e. The van der Waals surface area contributed by atoms with E-state index in [2.05, 4.69) is 0 Å². The molecule has 1 amide bonds. The fourth-order valence-electron chi connectivity index (χ4n) is 2.79. The predicted molar refractivity (Wildman–Crippen MR) is 73.1 cm³/mol. The van der Waals surface area contributed by atoms with Gasteiger partial charge in [0.15, 0.2) is 0 Å². The van der Waals surface area contributed by atoms with Gasteiger partial charge in [0.25, 0.3) is 5.91 Å². The van der Waals surface area contributed by atoms with E-state index in [4.69, 9.17) is 10.5 Å². The summed E-state index contributed by atoms with van der Waals surface area (Å²) in [7, 11) is 1.38. The molecular weight excluding hydrogens is 258 g/mol. The second kappa shape index (κ2) is 4.85. The average Bonchev–Trinajstić information content (AvgIpc) is 3.03. The summed E-state index contributed by atoms with van der Waals surface area (Å²) in [5.74, 6) is -0.483. The van der Waals surface area contributed by atoms with Crippen molar-refractivity contribution < 1.29 is 14.3 Å². The number of nitrogens with zero attached hydrogens (tertiary/aromatic N) is 2. The van der Waals surface area contributed by atoms with E-state index in [0.717, 1.165) is 12.8 Å². The zero-order chi connectivity index (χ0) is 14.3. The number of likely N-dealkylation sites (tertiary alicyclic amines) is 1. The van der Waals surface area contributed by atoms with Crippen molar-refractivity contribution in [3.63, 3.8) is 0 Å². The van der Waals surface area contributed by atoms with Crippen molar-refractivity contribution >= 4 is 17.6 Å². The topological polar surface area (TPSA) is 77.6 Å². The highest BCUT2D eigenvalue weighted by molar-refractivity contribution is 5.94. The number of aromatic nitrogens is 1. The molecule has 1 atom stereocenters. The van der Waals surface area contributed by atoms with Crippen LogP contribution in [-0.4, -0.2) is 41.5 Å². The van der Waals surface area contributed by atoms with Crippen molar-refractivity contribution in [2.75, 3.05) is 25.9 Å². The normalized spacial score (nSPS) is 22.1. The maximum atomic E-state index is 12.6. The lowest BCUT2D eigenvalue weighted by atomic mass is 10.1. The van der Waals surface area contributed by atoms with Gasteiger partial charge < -0.3 is 19.9 Å². The minimum Gasteiger partial charge on any atom is -0.469 e. The van der Waals surface area contributed by atoms with Crippen molar-refractivity contribution in [2.24, 2.45) is 5.92 Å². The van der Waals surface area contributed by atoms with Crippen LogP contribution < -0.4 is 5.73 Å². The maximum absolute atomic E-state index is 12.6. The molecule has 0 aromatic carbocycles. The monoisotopic (exact) mass is 277 g/mol. The van der Waals surface area contributed by atoms with Gasteiger partial charge in [-0.05, 0) is 25.3 Å². The second-order valence-electron chi connectivity index (χ2n) is 5.56. The molecule has 1 saturated heterocycles. The molecule has 2 N–H and O–H groups in total. The summed E-state index contributed by atoms with van der Waals surface area (Å²) >= 11 is 0. The number of nitrogen functional groups attached to an aromatic ring is 1. The molecule has 1 aromatic rings. The number of hydrogen-bond acceptors (Lipinski definition) is 4. The van der Waals surface area contributed by atoms with Gasteiger partial charge in [0.05, 0.1) is 18.7 Å². The lowest BCUT2D eigenvalue weighted by Crippen LogP contribution is -2.31. The summed E-state index contributed by atoms with van der Waals surface area (Å²) in [6.45, 7) is 1.02. The molecule has 2 heterocycles. The molecule has 20 heavy (non-hydrogen) atoms. The van der Waals surface area contributed by atoms with Crippen LogP contribution >= 0.6 is 0 Å². The first-order valence-electron chi connectivity index (χ1n) is 6.94. The quantitative estimate of drug-likeness (QED) is 0.837. The Labute approximate surface area is 117 Å². The third-order valence-corrected chi connectivity index (χ3v) is 4.04. The van der Waals surface area contributed by atoms with E-state index in [-0.39, 0.29) is 17.8 Å². The number of anilines is 1. The highest BCUT2D eigenvalue weighted by atomic mass is 16.5. The molecule has 1 aromatic heterocycles. The molecule has 2 fully saturated rings. The molecule has 0 bridgehead atoms. The zero-order valence-electron chi connectivity index (χ0n) is 11.5. The summed E-state index contributed by atoms with van der Waals surface area (Å²) < 4.78 is 6.72. The number of methoxy groups -OCH3 is 1. The van der Waals surface area contributed by atoms with E-state index in [1.165, 1.54) is 7.11 Å². The Morgan fingerprint density at radius 2 is 2.10 bits per heavy atom. The van der Waals surface area contributed by atoms with Gasteiger partial charge in [-0.25, -0.2) is 0 Å². The van der Waals surface area contributed by atoms with Crippen molar-refractivity contribution in [1.29, 1.82) is 0 Å². The molecular formula is C14H19N3O3. The van der Waals surface area contributed by atoms with Crippen LogP contribution in [0, 0.1) is 5.92 Å². The molecule has 1 aliphatic heterocycles. The smallest absolute Gasteiger partial charge is 0.310 e. The minimum absolute atomic E-state index is 0.0417. The van der Waals surface area contributed by atoms with Crippen LogP contribution in [0.2, 0.25) is 0 Å². The van der Waals surface area contributed by atoms with Crippen LogP contribution in [0.15, 0.2) is 12.3 Å². The summed E-state index contributed by atoms with van der Waals surface area (Å²) in [6.07, 6.45) is 4.69. The lowest BCUT2D eigenvalue weighted by Gasteiger charge is -2.17. The van der Waals surface area contributed by atoms with Crippen LogP contribution in [0.5, 0.6) is 0 Å². The standard InChI is InChI=1S/C14H19N3O3/c1-20-14(19)9-4-5-16(7-9)13(18)12-6-10(15)8-17(12)11-2-3-11/h6,8-9,11H,2-5,7,15H2,1H3. The first kappa shape index (κ1) is 13.0. The largest absolute Gasteiger partial charge is 0.469 e. The van der Waals surface area contributed by atoms with Gasteiger partial charge in [0.2, 0.25) is 0 Å². The fraction of sp³-hybridized carbons (Fsp3) is 0.571. The Morgan fingerprint density at radius 1 is 1.35 bits per heavy atom. The lowest BCUT2D eigenvalue weighted by molar-refractivity contribution is -0.144. The Balaban J connectivity index is 1.75. The summed E-state index contributed by atoms with van der Waals surface area (Å²) in [5.41, 5.74) is 7.06. The van der Waals surface area contributed by atoms with Gasteiger partial charge in [-0.15, -0.1) is 0 Å². The zero-order valence-corrected chi connectivity index (χ0v) is 11.5. The molecule has 2 aliphatic rings. The molecule has 108 valence electrons. The highest BCUT2D eigenvalue weighted by Crippen LogP contribution is 2.37. The van der Waals surface area contributed by atoms with Crippen LogP contribution in [0.3, 0.4) is 0 Å². The van der Waals surface area contributed by atoms with E-state index in [1.807, 2.05) is 10.8 Å². The number of esters is 1. The van der Waals surface area contributed by atoms with Crippen molar-refractivity contribution in [1.82, 2.24) is 9.47 Å². The predicted octanol–water partition coefficient (Wildman–Crippen LogP) is 1.04. The molecule has 1 aliphatic carbocycles. The van der Waals surface area contributed by atoms with Crippen molar-refractivity contribution in [3.05, 3.63) is 18.0 Å². The van der Waals surface area contributed by atoms with E-state index < -0.39 is 0 Å². The molecule has 0 radical (unpaired) electrons. The van der Waals surface area contributed by atoms with Crippen LogP contribution in [0.25, 0.3) is 0 Å². The molecule has 1 saturated carbocycles. The van der Waals surface area contributed by atoms with Gasteiger partial charge in [0, 0.05) is 25.3 Å². The Hall–Kier alpha value is -1.98. The minimum atomic E-state index is -0.239. The number of carbonyl (C=O) groups is 2. The second-order valence-corrected chi connectivity index (χ2v) is 5.56. The molecule has 6 nitrogen and oxygen atoms in total. The molecule has 6 heteroatoms. The van der Waals surface area contributed by atoms with Gasteiger partial charge in [-0.3, -0.25) is 9.59 Å². The number of ether oxygens (including phenoxy) is 1. The number of rotatable bonds is 3. The number of nitrogens with two attached hydrogens (primary N) is 1.